The van der Waals surface area contributed by atoms with Crippen molar-refractivity contribution in [2.45, 2.75) is 39.2 Å². The van der Waals surface area contributed by atoms with Crippen LogP contribution >= 0.6 is 11.5 Å². The fourth-order valence-corrected chi connectivity index (χ4v) is 2.52. The highest BCUT2D eigenvalue weighted by molar-refractivity contribution is 7.09. The molecule has 102 valence electrons. The van der Waals surface area contributed by atoms with Crippen LogP contribution in [0.3, 0.4) is 0 Å². The minimum absolute atomic E-state index is 0.0718. The second-order valence-electron chi connectivity index (χ2n) is 5.56. The highest BCUT2D eigenvalue weighted by Crippen LogP contribution is 2.26. The third-order valence-electron chi connectivity index (χ3n) is 2.81. The predicted molar refractivity (Wildman–Crippen MR) is 77.0 cm³/mol. The van der Waals surface area contributed by atoms with E-state index in [2.05, 4.69) is 35.4 Å². The van der Waals surface area contributed by atoms with Crippen molar-refractivity contribution in [2.75, 3.05) is 5.32 Å². The van der Waals surface area contributed by atoms with E-state index >= 15 is 0 Å². The van der Waals surface area contributed by atoms with E-state index in [4.69, 9.17) is 0 Å². The van der Waals surface area contributed by atoms with Crippen molar-refractivity contribution in [1.29, 1.82) is 0 Å². The van der Waals surface area contributed by atoms with E-state index in [9.17, 15) is 4.39 Å². The molecule has 19 heavy (non-hydrogen) atoms. The molecule has 1 aromatic carbocycles. The van der Waals surface area contributed by atoms with Gasteiger partial charge in [0, 0.05) is 22.5 Å². The summed E-state index contributed by atoms with van der Waals surface area (Å²) in [5, 5.41) is 3.92. The van der Waals surface area contributed by atoms with Crippen molar-refractivity contribution >= 4 is 16.7 Å². The van der Waals surface area contributed by atoms with Crippen LogP contribution in [-0.2, 0) is 5.41 Å². The molecule has 1 heterocycles. The SMILES string of the molecule is CC(Nc1nc(C(C)(C)C)ns1)c1ccccc1F. The van der Waals surface area contributed by atoms with Crippen LogP contribution in [0.4, 0.5) is 9.52 Å². The van der Waals surface area contributed by atoms with Gasteiger partial charge in [-0.15, -0.1) is 0 Å². The Labute approximate surface area is 117 Å². The monoisotopic (exact) mass is 279 g/mol. The lowest BCUT2D eigenvalue weighted by Crippen LogP contribution is -2.14. The van der Waals surface area contributed by atoms with Crippen LogP contribution < -0.4 is 5.32 Å². The Morgan fingerprint density at radius 3 is 2.53 bits per heavy atom. The van der Waals surface area contributed by atoms with E-state index < -0.39 is 0 Å². The second-order valence-corrected chi connectivity index (χ2v) is 6.31. The number of hydrogen-bond donors (Lipinski definition) is 1. The Hall–Kier alpha value is -1.49. The summed E-state index contributed by atoms with van der Waals surface area (Å²) in [6, 6.07) is 6.63. The zero-order chi connectivity index (χ0) is 14.0. The summed E-state index contributed by atoms with van der Waals surface area (Å²) in [5.41, 5.74) is 0.563. The number of nitrogens with zero attached hydrogens (tertiary/aromatic N) is 2. The minimum atomic E-state index is -0.205. The Kier molecular flexibility index (Phi) is 3.85. The molecule has 1 N–H and O–H groups in total. The third-order valence-corrected chi connectivity index (χ3v) is 3.45. The topological polar surface area (TPSA) is 37.8 Å². The molecule has 0 radical (unpaired) electrons. The molecule has 1 atom stereocenters. The molecule has 0 saturated carbocycles. The third kappa shape index (κ3) is 3.29. The average molecular weight is 279 g/mol. The smallest absolute Gasteiger partial charge is 0.203 e. The molecule has 0 saturated heterocycles. The number of halogens is 1. The van der Waals surface area contributed by atoms with Crippen LogP contribution in [0.5, 0.6) is 0 Å². The lowest BCUT2D eigenvalue weighted by molar-refractivity contribution is 0.554. The summed E-state index contributed by atoms with van der Waals surface area (Å²) in [6.45, 7) is 8.12. The Morgan fingerprint density at radius 2 is 1.95 bits per heavy atom. The van der Waals surface area contributed by atoms with E-state index in [1.807, 2.05) is 13.0 Å². The molecule has 0 spiro atoms. The predicted octanol–water partition coefficient (Wildman–Crippen LogP) is 4.15. The van der Waals surface area contributed by atoms with Gasteiger partial charge in [0.1, 0.15) is 11.6 Å². The molecule has 0 aliphatic carbocycles. The number of nitrogens with one attached hydrogen (secondary N) is 1. The fraction of sp³-hybridized carbons (Fsp3) is 0.429. The number of anilines is 1. The van der Waals surface area contributed by atoms with Gasteiger partial charge in [-0.1, -0.05) is 39.0 Å². The maximum absolute atomic E-state index is 13.7. The van der Waals surface area contributed by atoms with Crippen LogP contribution in [0.2, 0.25) is 0 Å². The lowest BCUT2D eigenvalue weighted by atomic mass is 9.96. The first-order valence-electron chi connectivity index (χ1n) is 6.23. The lowest BCUT2D eigenvalue weighted by Gasteiger charge is -2.14. The van der Waals surface area contributed by atoms with Crippen molar-refractivity contribution in [1.82, 2.24) is 9.36 Å². The average Bonchev–Trinajstić information content (AvgIpc) is 2.77. The summed E-state index contributed by atoms with van der Waals surface area (Å²) in [5.74, 6) is 0.601. The van der Waals surface area contributed by atoms with Crippen molar-refractivity contribution in [2.24, 2.45) is 0 Å². The minimum Gasteiger partial charge on any atom is -0.354 e. The quantitative estimate of drug-likeness (QED) is 0.917. The van der Waals surface area contributed by atoms with Gasteiger partial charge in [0.25, 0.3) is 0 Å². The Balaban J connectivity index is 2.14. The zero-order valence-electron chi connectivity index (χ0n) is 11.6. The van der Waals surface area contributed by atoms with E-state index in [-0.39, 0.29) is 17.3 Å². The van der Waals surface area contributed by atoms with E-state index in [0.717, 1.165) is 11.0 Å². The van der Waals surface area contributed by atoms with Crippen LogP contribution in [0, 0.1) is 5.82 Å². The van der Waals surface area contributed by atoms with Gasteiger partial charge >= 0.3 is 0 Å². The summed E-state index contributed by atoms with van der Waals surface area (Å²) in [4.78, 5) is 4.45. The maximum atomic E-state index is 13.7. The van der Waals surface area contributed by atoms with Crippen LogP contribution in [0.25, 0.3) is 0 Å². The van der Waals surface area contributed by atoms with E-state index in [1.54, 1.807) is 12.1 Å². The number of aromatic nitrogens is 2. The van der Waals surface area contributed by atoms with Crippen molar-refractivity contribution in [3.63, 3.8) is 0 Å². The van der Waals surface area contributed by atoms with Gasteiger partial charge in [0.2, 0.25) is 5.13 Å². The van der Waals surface area contributed by atoms with Gasteiger partial charge < -0.3 is 5.32 Å². The zero-order valence-corrected chi connectivity index (χ0v) is 12.4. The first-order chi connectivity index (χ1) is 8.88. The highest BCUT2D eigenvalue weighted by Gasteiger charge is 2.20. The molecule has 2 aromatic rings. The first-order valence-corrected chi connectivity index (χ1v) is 7.00. The van der Waals surface area contributed by atoms with E-state index in [0.29, 0.717) is 5.56 Å². The number of rotatable bonds is 3. The van der Waals surface area contributed by atoms with Gasteiger partial charge in [0.15, 0.2) is 0 Å². The molecular weight excluding hydrogens is 261 g/mol. The first kappa shape index (κ1) is 13.9. The van der Waals surface area contributed by atoms with Gasteiger partial charge in [-0.3, -0.25) is 0 Å². The summed E-state index contributed by atoms with van der Waals surface area (Å²) < 4.78 is 18.0. The molecule has 5 heteroatoms. The van der Waals surface area contributed by atoms with Crippen molar-refractivity contribution in [3.05, 3.63) is 41.5 Å². The molecule has 1 aromatic heterocycles. The fourth-order valence-electron chi connectivity index (χ4n) is 1.68. The maximum Gasteiger partial charge on any atom is 0.203 e. The molecular formula is C14H18FN3S. The van der Waals surface area contributed by atoms with Gasteiger partial charge in [-0.05, 0) is 13.0 Å². The highest BCUT2D eigenvalue weighted by atomic mass is 32.1. The van der Waals surface area contributed by atoms with Gasteiger partial charge in [0.05, 0.1) is 6.04 Å². The van der Waals surface area contributed by atoms with Gasteiger partial charge in [-0.25, -0.2) is 9.37 Å². The molecule has 0 amide bonds. The van der Waals surface area contributed by atoms with Crippen LogP contribution in [-0.4, -0.2) is 9.36 Å². The largest absolute Gasteiger partial charge is 0.354 e. The van der Waals surface area contributed by atoms with Crippen molar-refractivity contribution < 1.29 is 4.39 Å². The second kappa shape index (κ2) is 5.25. The Morgan fingerprint density at radius 1 is 1.26 bits per heavy atom. The molecule has 1 unspecified atom stereocenters. The van der Waals surface area contributed by atoms with Crippen LogP contribution in [0.1, 0.15) is 45.1 Å². The summed E-state index contributed by atoms with van der Waals surface area (Å²) >= 11 is 1.31. The summed E-state index contributed by atoms with van der Waals surface area (Å²) in [7, 11) is 0. The molecule has 3 nitrogen and oxygen atoms in total. The normalized spacial score (nSPS) is 13.3. The summed E-state index contributed by atoms with van der Waals surface area (Å²) in [6.07, 6.45) is 0. The molecule has 0 aliphatic rings. The number of hydrogen-bond acceptors (Lipinski definition) is 4. The van der Waals surface area contributed by atoms with Crippen LogP contribution in [0.15, 0.2) is 24.3 Å². The molecule has 0 aliphatic heterocycles. The molecule has 0 bridgehead atoms. The molecule has 0 fully saturated rings. The Bertz CT molecular complexity index is 560. The molecule has 2 rings (SSSR count). The number of benzene rings is 1. The van der Waals surface area contributed by atoms with E-state index in [1.165, 1.54) is 17.6 Å². The standard InChI is InChI=1S/C14H18FN3S/c1-9(10-7-5-6-8-11(10)15)16-13-17-12(18-19-13)14(2,3)4/h5-9H,1-4H3,(H,16,17,18). The van der Waals surface area contributed by atoms with Crippen molar-refractivity contribution in [3.8, 4) is 0 Å². The van der Waals surface area contributed by atoms with Gasteiger partial charge in [-0.2, -0.15) is 4.37 Å².